The molecule has 0 bridgehead atoms. The lowest BCUT2D eigenvalue weighted by atomic mass is 9.92. The summed E-state index contributed by atoms with van der Waals surface area (Å²) in [5, 5.41) is 3.31. The van der Waals surface area contributed by atoms with E-state index in [9.17, 15) is 4.79 Å². The maximum Gasteiger partial charge on any atom is 0.272 e. The standard InChI is InChI=1S/C17H27N3O/c1-3-5-14-7-11-20(12-8-14)17(21)16-13-15(6-10-19-16)18-9-4-2/h6,10,13-14H,3-5,7-9,11-12H2,1-2H3,(H,18,19). The average molecular weight is 289 g/mol. The highest BCUT2D eigenvalue weighted by molar-refractivity contribution is 5.93. The number of pyridine rings is 1. The molecule has 1 aromatic rings. The normalized spacial score (nSPS) is 16.0. The molecule has 4 nitrogen and oxygen atoms in total. The number of rotatable bonds is 6. The molecule has 1 aromatic heterocycles. The second-order valence-corrected chi connectivity index (χ2v) is 5.88. The van der Waals surface area contributed by atoms with Crippen molar-refractivity contribution in [3.05, 3.63) is 24.0 Å². The fourth-order valence-electron chi connectivity index (χ4n) is 2.92. The first-order chi connectivity index (χ1) is 10.2. The highest BCUT2D eigenvalue weighted by atomic mass is 16.2. The molecule has 0 radical (unpaired) electrons. The fraction of sp³-hybridized carbons (Fsp3) is 0.647. The predicted octanol–water partition coefficient (Wildman–Crippen LogP) is 3.56. The summed E-state index contributed by atoms with van der Waals surface area (Å²) in [6, 6.07) is 3.79. The summed E-state index contributed by atoms with van der Waals surface area (Å²) in [5.74, 6) is 0.870. The van der Waals surface area contributed by atoms with Gasteiger partial charge >= 0.3 is 0 Å². The third-order valence-corrected chi connectivity index (χ3v) is 4.16. The van der Waals surface area contributed by atoms with E-state index < -0.39 is 0 Å². The van der Waals surface area contributed by atoms with Gasteiger partial charge in [-0.05, 0) is 37.3 Å². The summed E-state index contributed by atoms with van der Waals surface area (Å²) in [6.45, 7) is 7.02. The van der Waals surface area contributed by atoms with Gasteiger partial charge in [0.15, 0.2) is 0 Å². The van der Waals surface area contributed by atoms with Crippen molar-refractivity contribution < 1.29 is 4.79 Å². The summed E-state index contributed by atoms with van der Waals surface area (Å²) in [4.78, 5) is 18.7. The van der Waals surface area contributed by atoms with Gasteiger partial charge in [-0.15, -0.1) is 0 Å². The largest absolute Gasteiger partial charge is 0.385 e. The number of aromatic nitrogens is 1. The Labute approximate surface area is 127 Å². The van der Waals surface area contributed by atoms with Crippen LogP contribution in [0.15, 0.2) is 18.3 Å². The molecule has 2 heterocycles. The van der Waals surface area contributed by atoms with E-state index >= 15 is 0 Å². The Balaban J connectivity index is 1.94. The van der Waals surface area contributed by atoms with Crippen LogP contribution in [0.5, 0.6) is 0 Å². The molecule has 116 valence electrons. The fourth-order valence-corrected chi connectivity index (χ4v) is 2.92. The van der Waals surface area contributed by atoms with E-state index in [1.54, 1.807) is 6.20 Å². The molecule has 2 rings (SSSR count). The lowest BCUT2D eigenvalue weighted by Gasteiger charge is -2.31. The number of carbonyl (C=O) groups is 1. The minimum absolute atomic E-state index is 0.0742. The molecule has 0 saturated carbocycles. The lowest BCUT2D eigenvalue weighted by molar-refractivity contribution is 0.0680. The summed E-state index contributed by atoms with van der Waals surface area (Å²) in [6.07, 6.45) is 7.58. The third kappa shape index (κ3) is 4.45. The quantitative estimate of drug-likeness (QED) is 0.871. The van der Waals surface area contributed by atoms with Gasteiger partial charge in [-0.2, -0.15) is 0 Å². The summed E-state index contributed by atoms with van der Waals surface area (Å²) in [5.41, 5.74) is 1.54. The van der Waals surface area contributed by atoms with Gasteiger partial charge in [0, 0.05) is 31.5 Å². The Kier molecular flexibility index (Phi) is 6.03. The second kappa shape index (κ2) is 8.01. The predicted molar refractivity (Wildman–Crippen MR) is 86.6 cm³/mol. The molecule has 0 spiro atoms. The van der Waals surface area contributed by atoms with Crippen molar-refractivity contribution in [2.75, 3.05) is 25.0 Å². The van der Waals surface area contributed by atoms with E-state index in [2.05, 4.69) is 24.1 Å². The third-order valence-electron chi connectivity index (χ3n) is 4.16. The van der Waals surface area contributed by atoms with Gasteiger partial charge in [-0.1, -0.05) is 26.7 Å². The van der Waals surface area contributed by atoms with Gasteiger partial charge in [-0.25, -0.2) is 0 Å². The number of carbonyl (C=O) groups excluding carboxylic acids is 1. The maximum atomic E-state index is 12.5. The Morgan fingerprint density at radius 1 is 1.33 bits per heavy atom. The number of anilines is 1. The zero-order valence-corrected chi connectivity index (χ0v) is 13.3. The monoisotopic (exact) mass is 289 g/mol. The number of hydrogen-bond acceptors (Lipinski definition) is 3. The molecule has 0 aliphatic carbocycles. The lowest BCUT2D eigenvalue weighted by Crippen LogP contribution is -2.38. The molecule has 1 saturated heterocycles. The molecule has 1 aliphatic heterocycles. The van der Waals surface area contributed by atoms with E-state index in [0.29, 0.717) is 5.69 Å². The van der Waals surface area contributed by atoms with Crippen LogP contribution in [0.4, 0.5) is 5.69 Å². The van der Waals surface area contributed by atoms with Crippen LogP contribution in [-0.2, 0) is 0 Å². The maximum absolute atomic E-state index is 12.5. The number of nitrogens with zero attached hydrogens (tertiary/aromatic N) is 2. The van der Waals surface area contributed by atoms with Gasteiger partial charge in [-0.3, -0.25) is 9.78 Å². The summed E-state index contributed by atoms with van der Waals surface area (Å²) < 4.78 is 0. The SMILES string of the molecule is CCCNc1ccnc(C(=O)N2CCC(CCC)CC2)c1. The first-order valence-electron chi connectivity index (χ1n) is 8.23. The molecule has 4 heteroatoms. The van der Waals surface area contributed by atoms with Crippen molar-refractivity contribution in [2.45, 2.75) is 46.0 Å². The van der Waals surface area contributed by atoms with Gasteiger partial charge in [0.1, 0.15) is 5.69 Å². The topological polar surface area (TPSA) is 45.2 Å². The number of piperidine rings is 1. The Morgan fingerprint density at radius 2 is 2.10 bits per heavy atom. The smallest absolute Gasteiger partial charge is 0.272 e. The van der Waals surface area contributed by atoms with Gasteiger partial charge in [0.2, 0.25) is 0 Å². The van der Waals surface area contributed by atoms with Gasteiger partial charge in [0.25, 0.3) is 5.91 Å². The van der Waals surface area contributed by atoms with Crippen molar-refractivity contribution in [2.24, 2.45) is 5.92 Å². The van der Waals surface area contributed by atoms with Crippen molar-refractivity contribution in [1.29, 1.82) is 0 Å². The molecule has 0 unspecified atom stereocenters. The van der Waals surface area contributed by atoms with Crippen molar-refractivity contribution >= 4 is 11.6 Å². The van der Waals surface area contributed by atoms with Crippen LogP contribution in [0.1, 0.15) is 56.4 Å². The summed E-state index contributed by atoms with van der Waals surface area (Å²) in [7, 11) is 0. The minimum Gasteiger partial charge on any atom is -0.385 e. The molecular weight excluding hydrogens is 262 g/mol. The van der Waals surface area contributed by atoms with Crippen molar-refractivity contribution in [3.8, 4) is 0 Å². The van der Waals surface area contributed by atoms with E-state index in [1.807, 2.05) is 17.0 Å². The Morgan fingerprint density at radius 3 is 2.76 bits per heavy atom. The van der Waals surface area contributed by atoms with Crippen molar-refractivity contribution in [3.63, 3.8) is 0 Å². The molecule has 1 N–H and O–H groups in total. The molecule has 0 atom stereocenters. The first kappa shape index (κ1) is 15.8. The van der Waals surface area contributed by atoms with Gasteiger partial charge in [0.05, 0.1) is 0 Å². The van der Waals surface area contributed by atoms with E-state index in [0.717, 1.165) is 50.5 Å². The second-order valence-electron chi connectivity index (χ2n) is 5.88. The van der Waals surface area contributed by atoms with Crippen LogP contribution in [0.25, 0.3) is 0 Å². The first-order valence-corrected chi connectivity index (χ1v) is 8.23. The number of likely N-dealkylation sites (tertiary alicyclic amines) is 1. The highest BCUT2D eigenvalue weighted by Crippen LogP contribution is 2.23. The zero-order valence-electron chi connectivity index (χ0n) is 13.3. The number of hydrogen-bond donors (Lipinski definition) is 1. The minimum atomic E-state index is 0.0742. The van der Waals surface area contributed by atoms with Gasteiger partial charge < -0.3 is 10.2 Å². The molecule has 1 amide bonds. The number of nitrogens with one attached hydrogen (secondary N) is 1. The Hall–Kier alpha value is -1.58. The van der Waals surface area contributed by atoms with Crippen LogP contribution in [0, 0.1) is 5.92 Å². The molecular formula is C17H27N3O. The molecule has 1 aliphatic rings. The number of amides is 1. The van der Waals surface area contributed by atoms with Crippen LogP contribution >= 0.6 is 0 Å². The molecule has 1 fully saturated rings. The van der Waals surface area contributed by atoms with E-state index in [4.69, 9.17) is 0 Å². The van der Waals surface area contributed by atoms with E-state index in [-0.39, 0.29) is 5.91 Å². The highest BCUT2D eigenvalue weighted by Gasteiger charge is 2.23. The van der Waals surface area contributed by atoms with Crippen LogP contribution in [0.3, 0.4) is 0 Å². The summed E-state index contributed by atoms with van der Waals surface area (Å²) >= 11 is 0. The average Bonchev–Trinajstić information content (AvgIpc) is 2.53. The van der Waals surface area contributed by atoms with Crippen LogP contribution < -0.4 is 5.32 Å². The van der Waals surface area contributed by atoms with E-state index in [1.165, 1.54) is 12.8 Å². The Bertz CT molecular complexity index is 453. The van der Waals surface area contributed by atoms with Crippen LogP contribution in [-0.4, -0.2) is 35.4 Å². The zero-order chi connectivity index (χ0) is 15.1. The van der Waals surface area contributed by atoms with Crippen molar-refractivity contribution in [1.82, 2.24) is 9.88 Å². The molecule has 21 heavy (non-hydrogen) atoms. The van der Waals surface area contributed by atoms with Crippen LogP contribution in [0.2, 0.25) is 0 Å². The molecule has 0 aromatic carbocycles.